The Kier molecular flexibility index (Phi) is 3.91. The molecule has 1 unspecified atom stereocenters. The van der Waals surface area contributed by atoms with E-state index in [0.29, 0.717) is 10.6 Å². The molecule has 1 amide bonds. The fourth-order valence-electron chi connectivity index (χ4n) is 3.70. The minimum atomic E-state index is -0.686. The Morgan fingerprint density at radius 3 is 2.77 bits per heavy atom. The Morgan fingerprint density at radius 2 is 2.18 bits per heavy atom. The second kappa shape index (κ2) is 5.36. The lowest BCUT2D eigenvalue weighted by atomic mass is 9.76. The number of hydrogen-bond donors (Lipinski definition) is 2. The Hall–Kier alpha value is -0.840. The molecule has 0 heterocycles. The third kappa shape index (κ3) is 2.51. The zero-order valence-electron chi connectivity index (χ0n) is 12.7. The SMILES string of the molecule is CC(C)(O)C1CCC2=C(Cc3c(C(N)=O)cc(Cl)c(Br)c32)C1. The summed E-state index contributed by atoms with van der Waals surface area (Å²) in [5.41, 5.74) is 9.94. The standard InChI is InChI=1S/C17H19BrClNO2/c1-17(2,22)9-3-4-10-8(5-9)6-11-12(16(20)21)7-13(19)15(18)14(10)11/h7,9,22H,3-6H2,1-2H3,(H2,20,21). The van der Waals surface area contributed by atoms with Crippen molar-refractivity contribution >= 4 is 39.0 Å². The summed E-state index contributed by atoms with van der Waals surface area (Å²) < 4.78 is 0.848. The first-order chi connectivity index (χ1) is 10.2. The summed E-state index contributed by atoms with van der Waals surface area (Å²) in [6.45, 7) is 3.74. The van der Waals surface area contributed by atoms with Crippen molar-refractivity contribution in [2.45, 2.75) is 45.1 Å². The topological polar surface area (TPSA) is 63.3 Å². The highest BCUT2D eigenvalue weighted by Gasteiger charge is 2.37. The number of rotatable bonds is 2. The minimum absolute atomic E-state index is 0.242. The largest absolute Gasteiger partial charge is 0.390 e. The number of primary amides is 1. The number of fused-ring (bicyclic) bond motifs is 2. The Labute approximate surface area is 143 Å². The molecular formula is C17H19BrClNO2. The van der Waals surface area contributed by atoms with Crippen molar-refractivity contribution in [3.63, 3.8) is 0 Å². The number of benzene rings is 1. The zero-order valence-corrected chi connectivity index (χ0v) is 15.0. The fraction of sp³-hybridized carbons (Fsp3) is 0.471. The predicted octanol–water partition coefficient (Wildman–Crippen LogP) is 4.08. The first-order valence-electron chi connectivity index (χ1n) is 7.44. The molecular weight excluding hydrogens is 366 g/mol. The molecule has 22 heavy (non-hydrogen) atoms. The Morgan fingerprint density at radius 1 is 1.50 bits per heavy atom. The number of aliphatic hydroxyl groups is 1. The van der Waals surface area contributed by atoms with Crippen LogP contribution in [0, 0.1) is 5.92 Å². The van der Waals surface area contributed by atoms with Crippen molar-refractivity contribution in [3.05, 3.63) is 37.8 Å². The van der Waals surface area contributed by atoms with Crippen molar-refractivity contribution in [3.8, 4) is 0 Å². The molecule has 0 saturated heterocycles. The highest BCUT2D eigenvalue weighted by Crippen LogP contribution is 2.50. The molecule has 0 fully saturated rings. The van der Waals surface area contributed by atoms with Crippen molar-refractivity contribution in [1.82, 2.24) is 0 Å². The van der Waals surface area contributed by atoms with Gasteiger partial charge < -0.3 is 10.8 Å². The number of carbonyl (C=O) groups excluding carboxylic acids is 1. The molecule has 1 aromatic carbocycles. The van der Waals surface area contributed by atoms with Crippen LogP contribution in [-0.4, -0.2) is 16.6 Å². The van der Waals surface area contributed by atoms with Crippen LogP contribution in [0.4, 0.5) is 0 Å². The fourth-order valence-corrected chi connectivity index (χ4v) is 4.49. The third-order valence-corrected chi connectivity index (χ3v) is 6.30. The summed E-state index contributed by atoms with van der Waals surface area (Å²) in [4.78, 5) is 11.7. The van der Waals surface area contributed by atoms with Crippen LogP contribution in [0.2, 0.25) is 5.02 Å². The van der Waals surface area contributed by atoms with Gasteiger partial charge in [0.2, 0.25) is 5.91 Å². The highest BCUT2D eigenvalue weighted by molar-refractivity contribution is 9.10. The van der Waals surface area contributed by atoms with E-state index in [1.165, 1.54) is 11.1 Å². The molecule has 0 bridgehead atoms. The summed E-state index contributed by atoms with van der Waals surface area (Å²) >= 11 is 9.82. The second-order valence-electron chi connectivity index (χ2n) is 6.79. The van der Waals surface area contributed by atoms with Crippen LogP contribution >= 0.6 is 27.5 Å². The van der Waals surface area contributed by atoms with Gasteiger partial charge in [-0.3, -0.25) is 4.79 Å². The molecule has 1 aromatic rings. The first-order valence-corrected chi connectivity index (χ1v) is 8.61. The van der Waals surface area contributed by atoms with Crippen LogP contribution in [0.15, 0.2) is 16.1 Å². The van der Waals surface area contributed by atoms with Gasteiger partial charge in [0, 0.05) is 10.0 Å². The van der Waals surface area contributed by atoms with Crippen molar-refractivity contribution in [2.75, 3.05) is 0 Å². The normalized spacial score (nSPS) is 20.9. The molecule has 2 aliphatic carbocycles. The van der Waals surface area contributed by atoms with Crippen molar-refractivity contribution in [1.29, 1.82) is 0 Å². The number of amides is 1. The van der Waals surface area contributed by atoms with E-state index in [-0.39, 0.29) is 5.92 Å². The number of halogens is 2. The maximum Gasteiger partial charge on any atom is 0.249 e. The van der Waals surface area contributed by atoms with Gasteiger partial charge in [-0.2, -0.15) is 0 Å². The molecule has 5 heteroatoms. The third-order valence-electron chi connectivity index (χ3n) is 4.95. The first kappa shape index (κ1) is 16.0. The van der Waals surface area contributed by atoms with E-state index in [9.17, 15) is 9.90 Å². The Balaban J connectivity index is 2.08. The van der Waals surface area contributed by atoms with Gasteiger partial charge in [-0.1, -0.05) is 17.2 Å². The smallest absolute Gasteiger partial charge is 0.249 e. The van der Waals surface area contributed by atoms with Gasteiger partial charge in [-0.25, -0.2) is 0 Å². The molecule has 3 rings (SSSR count). The van der Waals surface area contributed by atoms with Crippen LogP contribution < -0.4 is 5.73 Å². The summed E-state index contributed by atoms with van der Waals surface area (Å²) in [5.74, 6) is -0.198. The van der Waals surface area contributed by atoms with Gasteiger partial charge in [-0.15, -0.1) is 0 Å². The average molecular weight is 385 g/mol. The molecule has 3 N–H and O–H groups in total. The molecule has 2 aliphatic rings. The van der Waals surface area contributed by atoms with Gasteiger partial charge in [0.1, 0.15) is 0 Å². The maximum absolute atomic E-state index is 11.7. The van der Waals surface area contributed by atoms with Crippen LogP contribution in [0.25, 0.3) is 5.57 Å². The predicted molar refractivity (Wildman–Crippen MR) is 91.9 cm³/mol. The number of hydrogen-bond acceptors (Lipinski definition) is 2. The molecule has 0 aromatic heterocycles. The summed E-state index contributed by atoms with van der Waals surface area (Å²) in [6.07, 6.45) is 3.42. The molecule has 0 saturated carbocycles. The van der Waals surface area contributed by atoms with Gasteiger partial charge in [0.25, 0.3) is 0 Å². The molecule has 0 radical (unpaired) electrons. The summed E-state index contributed by atoms with van der Waals surface area (Å²) in [5, 5.41) is 10.8. The van der Waals surface area contributed by atoms with Crippen LogP contribution in [-0.2, 0) is 6.42 Å². The minimum Gasteiger partial charge on any atom is -0.390 e. The molecule has 1 atom stereocenters. The van der Waals surface area contributed by atoms with E-state index >= 15 is 0 Å². The summed E-state index contributed by atoms with van der Waals surface area (Å²) in [6, 6.07) is 1.65. The number of allylic oxidation sites excluding steroid dienone is 2. The number of nitrogens with two attached hydrogens (primary N) is 1. The lowest BCUT2D eigenvalue weighted by Crippen LogP contribution is -2.32. The maximum atomic E-state index is 11.7. The quantitative estimate of drug-likeness (QED) is 0.807. The number of carbonyl (C=O) groups is 1. The van der Waals surface area contributed by atoms with Gasteiger partial charge in [0.15, 0.2) is 0 Å². The van der Waals surface area contributed by atoms with E-state index < -0.39 is 11.5 Å². The van der Waals surface area contributed by atoms with E-state index in [1.807, 2.05) is 13.8 Å². The van der Waals surface area contributed by atoms with Gasteiger partial charge in [-0.05, 0) is 84.1 Å². The lowest BCUT2D eigenvalue weighted by molar-refractivity contribution is 0.0123. The van der Waals surface area contributed by atoms with E-state index in [2.05, 4.69) is 15.9 Å². The van der Waals surface area contributed by atoms with Gasteiger partial charge >= 0.3 is 0 Å². The van der Waals surface area contributed by atoms with E-state index in [0.717, 1.165) is 41.3 Å². The highest BCUT2D eigenvalue weighted by atomic mass is 79.9. The van der Waals surface area contributed by atoms with E-state index in [4.69, 9.17) is 17.3 Å². The molecule has 118 valence electrons. The van der Waals surface area contributed by atoms with Crippen LogP contribution in [0.3, 0.4) is 0 Å². The van der Waals surface area contributed by atoms with E-state index in [1.54, 1.807) is 6.07 Å². The molecule has 0 aliphatic heterocycles. The lowest BCUT2D eigenvalue weighted by Gasteiger charge is -2.33. The van der Waals surface area contributed by atoms with Crippen molar-refractivity contribution in [2.24, 2.45) is 11.7 Å². The zero-order chi connectivity index (χ0) is 16.2. The van der Waals surface area contributed by atoms with Crippen LogP contribution in [0.5, 0.6) is 0 Å². The monoisotopic (exact) mass is 383 g/mol. The molecule has 0 spiro atoms. The summed E-state index contributed by atoms with van der Waals surface area (Å²) in [7, 11) is 0. The van der Waals surface area contributed by atoms with Crippen molar-refractivity contribution < 1.29 is 9.90 Å². The average Bonchev–Trinajstić information content (AvgIpc) is 2.79. The second-order valence-corrected chi connectivity index (χ2v) is 7.99. The van der Waals surface area contributed by atoms with Crippen LogP contribution in [0.1, 0.15) is 54.6 Å². The van der Waals surface area contributed by atoms with Gasteiger partial charge in [0.05, 0.1) is 10.6 Å². The molecule has 3 nitrogen and oxygen atoms in total. The Bertz CT molecular complexity index is 704.